The summed E-state index contributed by atoms with van der Waals surface area (Å²) in [5, 5.41) is 0. The summed E-state index contributed by atoms with van der Waals surface area (Å²) in [7, 11) is 0. The summed E-state index contributed by atoms with van der Waals surface area (Å²) in [6.07, 6.45) is 57.2. The molecule has 0 saturated heterocycles. The number of hydrogen-bond donors (Lipinski definition) is 0. The number of rotatable bonds is 40. The van der Waals surface area contributed by atoms with Crippen molar-refractivity contribution in [3.05, 3.63) is 85.1 Å². The standard InChI is InChI=1S/C51H84O6/c1-4-7-10-13-16-19-22-24-25-26-28-29-32-35-38-41-44-50(53)56-47-48(46-55-49(52)43-40-37-34-31-21-18-15-12-9-6-3)57-51(54)45-42-39-36-33-30-27-23-20-17-14-11-8-5-2/h8,11-12,15,17,19-20,22,25-27,30,36,39,48H,4-7,9-10,13-14,16,18,21,23-24,28-29,31-35,37-38,40-47H2,1-3H3/b11-8-,15-12-,20-17-,22-19-,26-25-,30-27-,39-36-. The number of ether oxygens (including phenoxy) is 3. The van der Waals surface area contributed by atoms with Gasteiger partial charge in [-0.15, -0.1) is 0 Å². The van der Waals surface area contributed by atoms with Crippen LogP contribution in [0.2, 0.25) is 0 Å². The quantitative estimate of drug-likeness (QED) is 0.0266. The highest BCUT2D eigenvalue weighted by molar-refractivity contribution is 5.71. The van der Waals surface area contributed by atoms with Gasteiger partial charge in [-0.25, -0.2) is 0 Å². The van der Waals surface area contributed by atoms with Gasteiger partial charge in [-0.05, 0) is 96.3 Å². The molecule has 6 heteroatoms. The molecule has 0 amide bonds. The molecular weight excluding hydrogens is 709 g/mol. The van der Waals surface area contributed by atoms with Crippen LogP contribution in [0, 0.1) is 0 Å². The van der Waals surface area contributed by atoms with Crippen molar-refractivity contribution in [3.63, 3.8) is 0 Å². The fourth-order valence-corrected chi connectivity index (χ4v) is 5.90. The van der Waals surface area contributed by atoms with E-state index in [-0.39, 0.29) is 31.6 Å². The minimum atomic E-state index is -0.821. The Morgan fingerprint density at radius 3 is 1.23 bits per heavy atom. The molecule has 0 heterocycles. The molecule has 0 aromatic heterocycles. The van der Waals surface area contributed by atoms with Gasteiger partial charge in [0.25, 0.3) is 0 Å². The first kappa shape index (κ1) is 53.6. The summed E-state index contributed by atoms with van der Waals surface area (Å²) in [5.41, 5.74) is 0. The summed E-state index contributed by atoms with van der Waals surface area (Å²) in [5.74, 6) is -1.03. The molecule has 0 spiro atoms. The predicted octanol–water partition coefficient (Wildman–Crippen LogP) is 14.9. The molecule has 0 rings (SSSR count). The van der Waals surface area contributed by atoms with Crippen LogP contribution in [0.5, 0.6) is 0 Å². The van der Waals surface area contributed by atoms with Gasteiger partial charge in [-0.3, -0.25) is 14.4 Å². The molecule has 6 nitrogen and oxygen atoms in total. The van der Waals surface area contributed by atoms with Crippen molar-refractivity contribution >= 4 is 17.9 Å². The Morgan fingerprint density at radius 2 is 0.754 bits per heavy atom. The van der Waals surface area contributed by atoms with Crippen LogP contribution >= 0.6 is 0 Å². The normalized spacial score (nSPS) is 12.8. The largest absolute Gasteiger partial charge is 0.462 e. The number of carbonyl (C=O) groups is 3. The SMILES string of the molecule is CC/C=C\C/C=C\C/C=C\C/C=C\CCC(=O)OC(COC(=O)CCCCCCC/C=C\C/C=C\CCCCCC)COC(=O)CCCCCCC/C=C\CCC. The topological polar surface area (TPSA) is 78.9 Å². The summed E-state index contributed by atoms with van der Waals surface area (Å²) >= 11 is 0. The number of carbonyl (C=O) groups excluding carboxylic acids is 3. The molecular formula is C51H84O6. The Balaban J connectivity index is 4.50. The first-order valence-electron chi connectivity index (χ1n) is 23.1. The number of unbranched alkanes of at least 4 members (excludes halogenated alkanes) is 15. The fraction of sp³-hybridized carbons (Fsp3) is 0.667. The van der Waals surface area contributed by atoms with Gasteiger partial charge in [0.2, 0.25) is 0 Å². The zero-order valence-corrected chi connectivity index (χ0v) is 36.8. The summed E-state index contributed by atoms with van der Waals surface area (Å²) < 4.78 is 16.6. The third-order valence-corrected chi connectivity index (χ3v) is 9.35. The molecule has 0 aliphatic carbocycles. The Bertz CT molecular complexity index is 1140. The van der Waals surface area contributed by atoms with Crippen LogP contribution in [0.25, 0.3) is 0 Å². The van der Waals surface area contributed by atoms with Crippen LogP contribution in [0.15, 0.2) is 85.1 Å². The molecule has 0 aliphatic heterocycles. The first-order valence-corrected chi connectivity index (χ1v) is 23.1. The fourth-order valence-electron chi connectivity index (χ4n) is 5.90. The summed E-state index contributed by atoms with van der Waals surface area (Å²) in [4.78, 5) is 37.7. The third kappa shape index (κ3) is 43.6. The molecule has 0 bridgehead atoms. The maximum atomic E-state index is 12.7. The summed E-state index contributed by atoms with van der Waals surface area (Å²) in [6.45, 7) is 6.33. The van der Waals surface area contributed by atoms with Gasteiger partial charge < -0.3 is 14.2 Å². The highest BCUT2D eigenvalue weighted by Crippen LogP contribution is 2.12. The van der Waals surface area contributed by atoms with Gasteiger partial charge in [0.15, 0.2) is 6.10 Å². The molecule has 0 saturated carbocycles. The maximum absolute atomic E-state index is 12.7. The van der Waals surface area contributed by atoms with Crippen LogP contribution in [0.1, 0.15) is 201 Å². The zero-order chi connectivity index (χ0) is 41.5. The van der Waals surface area contributed by atoms with Gasteiger partial charge in [-0.2, -0.15) is 0 Å². The van der Waals surface area contributed by atoms with Crippen LogP contribution in [0.3, 0.4) is 0 Å². The second-order valence-corrected chi connectivity index (χ2v) is 14.9. The van der Waals surface area contributed by atoms with Gasteiger partial charge >= 0.3 is 17.9 Å². The molecule has 0 aromatic rings. The highest BCUT2D eigenvalue weighted by Gasteiger charge is 2.19. The smallest absolute Gasteiger partial charge is 0.306 e. The van der Waals surface area contributed by atoms with Crippen molar-refractivity contribution < 1.29 is 28.6 Å². The van der Waals surface area contributed by atoms with Crippen LogP contribution in [-0.2, 0) is 28.6 Å². The van der Waals surface area contributed by atoms with E-state index in [9.17, 15) is 14.4 Å². The second-order valence-electron chi connectivity index (χ2n) is 14.9. The highest BCUT2D eigenvalue weighted by atomic mass is 16.6. The molecule has 324 valence electrons. The molecule has 0 fully saturated rings. The van der Waals surface area contributed by atoms with E-state index in [1.807, 2.05) is 12.2 Å². The molecule has 0 N–H and O–H groups in total. The second kappa shape index (κ2) is 45.3. The molecule has 57 heavy (non-hydrogen) atoms. The lowest BCUT2D eigenvalue weighted by molar-refractivity contribution is -0.166. The van der Waals surface area contributed by atoms with Gasteiger partial charge in [0.1, 0.15) is 13.2 Å². The first-order chi connectivity index (χ1) is 28.0. The lowest BCUT2D eigenvalue weighted by atomic mass is 10.1. The minimum absolute atomic E-state index is 0.115. The van der Waals surface area contributed by atoms with E-state index >= 15 is 0 Å². The van der Waals surface area contributed by atoms with E-state index < -0.39 is 12.1 Å². The Labute approximate surface area is 350 Å². The van der Waals surface area contributed by atoms with Gasteiger partial charge in [-0.1, -0.05) is 170 Å². The van der Waals surface area contributed by atoms with Crippen molar-refractivity contribution in [1.29, 1.82) is 0 Å². The van der Waals surface area contributed by atoms with Crippen molar-refractivity contribution in [3.8, 4) is 0 Å². The third-order valence-electron chi connectivity index (χ3n) is 9.35. The van der Waals surface area contributed by atoms with Crippen molar-refractivity contribution in [2.24, 2.45) is 0 Å². The number of allylic oxidation sites excluding steroid dienone is 14. The monoisotopic (exact) mass is 793 g/mol. The van der Waals surface area contributed by atoms with Gasteiger partial charge in [0, 0.05) is 19.3 Å². The molecule has 1 atom stereocenters. The molecule has 0 radical (unpaired) electrons. The average Bonchev–Trinajstić information content (AvgIpc) is 3.21. The average molecular weight is 793 g/mol. The Kier molecular flexibility index (Phi) is 42.6. The van der Waals surface area contributed by atoms with E-state index in [4.69, 9.17) is 14.2 Å². The molecule has 0 aromatic carbocycles. The van der Waals surface area contributed by atoms with E-state index in [2.05, 4.69) is 93.7 Å². The van der Waals surface area contributed by atoms with E-state index in [0.29, 0.717) is 19.3 Å². The summed E-state index contributed by atoms with van der Waals surface area (Å²) in [6, 6.07) is 0. The molecule has 1 unspecified atom stereocenters. The Morgan fingerprint density at radius 1 is 0.368 bits per heavy atom. The van der Waals surface area contributed by atoms with E-state index in [0.717, 1.165) is 109 Å². The lowest BCUT2D eigenvalue weighted by Gasteiger charge is -2.18. The van der Waals surface area contributed by atoms with Crippen molar-refractivity contribution in [2.45, 2.75) is 207 Å². The number of hydrogen-bond acceptors (Lipinski definition) is 6. The van der Waals surface area contributed by atoms with Crippen molar-refractivity contribution in [2.75, 3.05) is 13.2 Å². The van der Waals surface area contributed by atoms with Crippen LogP contribution in [0.4, 0.5) is 0 Å². The van der Waals surface area contributed by atoms with Crippen molar-refractivity contribution in [1.82, 2.24) is 0 Å². The number of esters is 3. The van der Waals surface area contributed by atoms with Gasteiger partial charge in [0.05, 0.1) is 0 Å². The van der Waals surface area contributed by atoms with Crippen LogP contribution in [-0.4, -0.2) is 37.2 Å². The lowest BCUT2D eigenvalue weighted by Crippen LogP contribution is -2.30. The minimum Gasteiger partial charge on any atom is -0.462 e. The zero-order valence-electron chi connectivity index (χ0n) is 36.8. The molecule has 0 aliphatic rings. The maximum Gasteiger partial charge on any atom is 0.306 e. The van der Waals surface area contributed by atoms with E-state index in [1.54, 1.807) is 0 Å². The Hall–Kier alpha value is -3.41. The van der Waals surface area contributed by atoms with E-state index in [1.165, 1.54) is 44.9 Å². The van der Waals surface area contributed by atoms with Crippen LogP contribution < -0.4 is 0 Å². The predicted molar refractivity (Wildman–Crippen MR) is 242 cm³/mol.